The summed E-state index contributed by atoms with van der Waals surface area (Å²) in [7, 11) is 1.78. The van der Waals surface area contributed by atoms with Crippen LogP contribution < -0.4 is 5.69 Å². The van der Waals surface area contributed by atoms with Crippen molar-refractivity contribution in [3.8, 4) is 0 Å². The Morgan fingerprint density at radius 1 is 1.22 bits per heavy atom. The Hall–Kier alpha value is -1.40. The van der Waals surface area contributed by atoms with E-state index in [1.54, 1.807) is 7.05 Å². The van der Waals surface area contributed by atoms with Gasteiger partial charge < -0.3 is 0 Å². The first kappa shape index (κ1) is 15.1. The van der Waals surface area contributed by atoms with E-state index >= 15 is 0 Å². The molecule has 5 nitrogen and oxygen atoms in total. The summed E-state index contributed by atoms with van der Waals surface area (Å²) >= 11 is 1.89. The molecule has 2 aromatic heterocycles. The molecule has 124 valence electrons. The van der Waals surface area contributed by atoms with Crippen LogP contribution in [0.4, 0.5) is 0 Å². The molecule has 1 saturated carbocycles. The molecule has 2 fully saturated rings. The van der Waals surface area contributed by atoms with Crippen LogP contribution in [0.5, 0.6) is 0 Å². The molecule has 0 unspecified atom stereocenters. The van der Waals surface area contributed by atoms with E-state index in [-0.39, 0.29) is 5.69 Å². The van der Waals surface area contributed by atoms with E-state index in [2.05, 4.69) is 29.1 Å². The van der Waals surface area contributed by atoms with Gasteiger partial charge in [-0.1, -0.05) is 0 Å². The molecule has 0 spiro atoms. The number of aromatic nitrogens is 3. The lowest BCUT2D eigenvalue weighted by atomic mass is 10.0. The molecule has 0 N–H and O–H groups in total. The molecule has 0 amide bonds. The molecule has 0 atom stereocenters. The van der Waals surface area contributed by atoms with Gasteiger partial charge >= 0.3 is 5.69 Å². The van der Waals surface area contributed by atoms with E-state index in [0.717, 1.165) is 38.3 Å². The predicted octanol–water partition coefficient (Wildman–Crippen LogP) is 2.67. The highest BCUT2D eigenvalue weighted by molar-refractivity contribution is 7.11. The molecule has 2 aromatic rings. The van der Waals surface area contributed by atoms with E-state index in [0.29, 0.717) is 12.0 Å². The van der Waals surface area contributed by atoms with E-state index in [9.17, 15) is 4.79 Å². The van der Waals surface area contributed by atoms with E-state index in [1.807, 2.05) is 15.9 Å². The number of hydrogen-bond donors (Lipinski definition) is 0. The van der Waals surface area contributed by atoms with Gasteiger partial charge in [-0.05, 0) is 44.7 Å². The second-order valence-electron chi connectivity index (χ2n) is 6.93. The predicted molar refractivity (Wildman–Crippen MR) is 92.0 cm³/mol. The van der Waals surface area contributed by atoms with Crippen molar-refractivity contribution in [2.24, 2.45) is 7.05 Å². The summed E-state index contributed by atoms with van der Waals surface area (Å²) in [6.07, 6.45) is 4.48. The lowest BCUT2D eigenvalue weighted by molar-refractivity contribution is 0.177. The molecule has 0 bridgehead atoms. The monoisotopic (exact) mass is 332 g/mol. The highest BCUT2D eigenvalue weighted by Crippen LogP contribution is 2.40. The average molecular weight is 332 g/mol. The maximum absolute atomic E-state index is 12.4. The summed E-state index contributed by atoms with van der Waals surface area (Å²) in [4.78, 5) is 17.8. The minimum absolute atomic E-state index is 0.0687. The van der Waals surface area contributed by atoms with Crippen molar-refractivity contribution < 1.29 is 0 Å². The third-order valence-electron chi connectivity index (χ3n) is 5.02. The van der Waals surface area contributed by atoms with Crippen LogP contribution >= 0.6 is 11.3 Å². The molecule has 1 aliphatic heterocycles. The molecular weight excluding hydrogens is 308 g/mol. The standard InChI is InChI=1S/C17H24N4OS/c1-12-3-6-15(23-12)11-20-9-7-14(8-10-20)21-16(13-4-5-13)18-19(2)17(21)22/h3,6,13-14H,4-5,7-11H2,1-2H3. The van der Waals surface area contributed by atoms with Crippen molar-refractivity contribution in [3.63, 3.8) is 0 Å². The largest absolute Gasteiger partial charge is 0.345 e. The SMILES string of the molecule is Cc1ccc(CN2CCC(n3c(C4CC4)nn(C)c3=O)CC2)s1. The van der Waals surface area contributed by atoms with E-state index in [1.165, 1.54) is 27.3 Å². The fourth-order valence-electron chi connectivity index (χ4n) is 3.59. The lowest BCUT2D eigenvalue weighted by Crippen LogP contribution is -2.37. The Labute approximate surface area is 140 Å². The van der Waals surface area contributed by atoms with Gasteiger partial charge in [-0.15, -0.1) is 11.3 Å². The quantitative estimate of drug-likeness (QED) is 0.864. The third-order valence-corrected chi connectivity index (χ3v) is 6.01. The van der Waals surface area contributed by atoms with Gasteiger partial charge in [0.05, 0.1) is 0 Å². The number of thiophene rings is 1. The summed E-state index contributed by atoms with van der Waals surface area (Å²) in [5, 5.41) is 4.49. The first-order valence-electron chi connectivity index (χ1n) is 8.55. The second-order valence-corrected chi connectivity index (χ2v) is 8.30. The van der Waals surface area contributed by atoms with Gasteiger partial charge in [0.25, 0.3) is 0 Å². The third kappa shape index (κ3) is 3.02. The van der Waals surface area contributed by atoms with Gasteiger partial charge in [-0.3, -0.25) is 9.47 Å². The van der Waals surface area contributed by atoms with Crippen LogP contribution in [0.15, 0.2) is 16.9 Å². The second kappa shape index (κ2) is 5.91. The normalized spacial score (nSPS) is 20.3. The van der Waals surface area contributed by atoms with Crippen LogP contribution in [0.3, 0.4) is 0 Å². The van der Waals surface area contributed by atoms with Gasteiger partial charge in [0.1, 0.15) is 5.82 Å². The Morgan fingerprint density at radius 3 is 2.57 bits per heavy atom. The highest BCUT2D eigenvalue weighted by atomic mass is 32.1. The molecule has 0 aromatic carbocycles. The Kier molecular flexibility index (Phi) is 3.89. The van der Waals surface area contributed by atoms with Crippen molar-refractivity contribution in [1.29, 1.82) is 0 Å². The van der Waals surface area contributed by atoms with Crippen molar-refractivity contribution in [3.05, 3.63) is 38.2 Å². The summed E-state index contributed by atoms with van der Waals surface area (Å²) in [6, 6.07) is 4.76. The molecule has 1 aliphatic carbocycles. The maximum Gasteiger partial charge on any atom is 0.345 e. The van der Waals surface area contributed by atoms with Gasteiger partial charge in [0, 0.05) is 48.4 Å². The highest BCUT2D eigenvalue weighted by Gasteiger charge is 2.33. The zero-order valence-electron chi connectivity index (χ0n) is 13.9. The molecule has 3 heterocycles. The average Bonchev–Trinajstić information content (AvgIpc) is 3.24. The maximum atomic E-state index is 12.4. The molecule has 6 heteroatoms. The number of likely N-dealkylation sites (tertiary alicyclic amines) is 1. The van der Waals surface area contributed by atoms with E-state index < -0.39 is 0 Å². The van der Waals surface area contributed by atoms with Crippen LogP contribution in [0, 0.1) is 6.92 Å². The summed E-state index contributed by atoms with van der Waals surface area (Å²) in [5.74, 6) is 1.56. The van der Waals surface area contributed by atoms with Crippen LogP contribution in [0.2, 0.25) is 0 Å². The summed E-state index contributed by atoms with van der Waals surface area (Å²) in [5.41, 5.74) is 0.0687. The smallest absolute Gasteiger partial charge is 0.298 e. The van der Waals surface area contributed by atoms with E-state index in [4.69, 9.17) is 0 Å². The van der Waals surface area contributed by atoms with Gasteiger partial charge in [0.15, 0.2) is 0 Å². The van der Waals surface area contributed by atoms with Crippen molar-refractivity contribution >= 4 is 11.3 Å². The number of piperidine rings is 1. The molecule has 23 heavy (non-hydrogen) atoms. The first-order chi connectivity index (χ1) is 11.1. The number of hydrogen-bond acceptors (Lipinski definition) is 4. The minimum Gasteiger partial charge on any atom is -0.298 e. The van der Waals surface area contributed by atoms with Gasteiger partial charge in [0.2, 0.25) is 0 Å². The Balaban J connectivity index is 1.44. The fourth-order valence-corrected chi connectivity index (χ4v) is 4.52. The van der Waals surface area contributed by atoms with Crippen LogP contribution in [0.25, 0.3) is 0 Å². The van der Waals surface area contributed by atoms with Crippen molar-refractivity contribution in [2.45, 2.75) is 51.1 Å². The Bertz CT molecular complexity index is 747. The van der Waals surface area contributed by atoms with Gasteiger partial charge in [-0.2, -0.15) is 5.10 Å². The first-order valence-corrected chi connectivity index (χ1v) is 9.36. The van der Waals surface area contributed by atoms with Crippen molar-refractivity contribution in [1.82, 2.24) is 19.2 Å². The van der Waals surface area contributed by atoms with Crippen molar-refractivity contribution in [2.75, 3.05) is 13.1 Å². The molecule has 0 radical (unpaired) electrons. The van der Waals surface area contributed by atoms with Crippen LogP contribution in [-0.4, -0.2) is 32.3 Å². The molecule has 1 saturated heterocycles. The Morgan fingerprint density at radius 2 is 1.96 bits per heavy atom. The lowest BCUT2D eigenvalue weighted by Gasteiger charge is -2.32. The van der Waals surface area contributed by atoms with Crippen LogP contribution in [-0.2, 0) is 13.6 Å². The molecular formula is C17H24N4OS. The minimum atomic E-state index is 0.0687. The molecule has 4 rings (SSSR count). The summed E-state index contributed by atoms with van der Waals surface area (Å²) in [6.45, 7) is 5.33. The van der Waals surface area contributed by atoms with Crippen LogP contribution in [0.1, 0.15) is 53.2 Å². The fraction of sp³-hybridized carbons (Fsp3) is 0.647. The number of rotatable bonds is 4. The zero-order chi connectivity index (χ0) is 16.0. The number of nitrogens with zero attached hydrogens (tertiary/aromatic N) is 4. The summed E-state index contributed by atoms with van der Waals surface area (Å²) < 4.78 is 3.53. The molecule has 2 aliphatic rings. The topological polar surface area (TPSA) is 43.1 Å². The zero-order valence-corrected chi connectivity index (χ0v) is 14.7. The van der Waals surface area contributed by atoms with Gasteiger partial charge in [-0.25, -0.2) is 9.48 Å². The number of aryl methyl sites for hydroxylation is 2.